The molecule has 2 heterocycles. The Kier molecular flexibility index (Phi) is 4.15. The van der Waals surface area contributed by atoms with Crippen LogP contribution in [-0.4, -0.2) is 30.8 Å². The van der Waals surface area contributed by atoms with Gasteiger partial charge in [0.15, 0.2) is 5.75 Å². The molecule has 0 amide bonds. The molecule has 6 nitrogen and oxygen atoms in total. The lowest BCUT2D eigenvalue weighted by Crippen LogP contribution is -2.02. The van der Waals surface area contributed by atoms with Crippen molar-refractivity contribution >= 4 is 27.6 Å². The van der Waals surface area contributed by atoms with E-state index < -0.39 is 5.97 Å². The Morgan fingerprint density at radius 3 is 2.54 bits per heavy atom. The number of hydrogen-bond donors (Lipinski definition) is 3. The van der Waals surface area contributed by atoms with Crippen LogP contribution >= 0.6 is 0 Å². The molecule has 0 fully saturated rings. The minimum absolute atomic E-state index is 0.154. The number of phenols is 1. The quantitative estimate of drug-likeness (QED) is 0.504. The second-order valence-electron chi connectivity index (χ2n) is 6.79. The minimum Gasteiger partial charge on any atom is -0.505 e. The van der Waals surface area contributed by atoms with Crippen LogP contribution in [0.1, 0.15) is 16.7 Å². The van der Waals surface area contributed by atoms with E-state index in [-0.39, 0.29) is 34.8 Å². The maximum atomic E-state index is 13.1. The molecule has 4 rings (SSSR count). The number of carbonyl (C=O) groups is 1. The van der Waals surface area contributed by atoms with Crippen LogP contribution in [0.25, 0.3) is 21.7 Å². The predicted molar refractivity (Wildman–Crippen MR) is 102 cm³/mol. The van der Waals surface area contributed by atoms with Crippen LogP contribution in [-0.2, 0) is 24.7 Å². The van der Waals surface area contributed by atoms with E-state index in [9.17, 15) is 24.5 Å². The van der Waals surface area contributed by atoms with Crippen molar-refractivity contribution in [3.8, 4) is 11.6 Å². The number of aromatic nitrogens is 2. The second kappa shape index (κ2) is 6.53. The van der Waals surface area contributed by atoms with Gasteiger partial charge in [-0.25, -0.2) is 4.39 Å². The summed E-state index contributed by atoms with van der Waals surface area (Å²) in [7, 11) is 1.61. The number of hydrogen-bond acceptors (Lipinski definition) is 4. The standard InChI is InChI=1S/C21H17FN2O4/c1-24-10-16-14(8-17(25)26)15-7-12(6-11-2-4-13(22)5-3-11)9-23-19(15)20(27)18(16)21(24)28/h2-5,7,9-10,27-28H,6,8H2,1H3,(H,25,26). The molecule has 0 atom stereocenters. The highest BCUT2D eigenvalue weighted by Gasteiger charge is 2.21. The molecular formula is C21H17FN2O4. The first-order chi connectivity index (χ1) is 13.3. The van der Waals surface area contributed by atoms with Crippen LogP contribution in [0, 0.1) is 5.82 Å². The number of carboxylic acids is 1. The number of rotatable bonds is 4. The summed E-state index contributed by atoms with van der Waals surface area (Å²) in [5.41, 5.74) is 2.38. The summed E-state index contributed by atoms with van der Waals surface area (Å²) in [6, 6.07) is 7.89. The van der Waals surface area contributed by atoms with Crippen LogP contribution in [0.15, 0.2) is 42.7 Å². The van der Waals surface area contributed by atoms with Crippen LogP contribution in [0.5, 0.6) is 11.6 Å². The zero-order valence-corrected chi connectivity index (χ0v) is 15.0. The average molecular weight is 380 g/mol. The molecule has 7 heteroatoms. The van der Waals surface area contributed by atoms with Gasteiger partial charge < -0.3 is 19.9 Å². The SMILES string of the molecule is Cn1cc2c(CC(=O)O)c3cc(Cc4ccc(F)cc4)cnc3c(O)c2c1O. The van der Waals surface area contributed by atoms with Crippen molar-refractivity contribution in [3.05, 3.63) is 65.2 Å². The highest BCUT2D eigenvalue weighted by atomic mass is 19.1. The number of aromatic hydroxyl groups is 2. The molecule has 0 spiro atoms. The zero-order valence-electron chi connectivity index (χ0n) is 15.0. The zero-order chi connectivity index (χ0) is 20.0. The Hall–Kier alpha value is -3.61. The molecule has 28 heavy (non-hydrogen) atoms. The third-order valence-corrected chi connectivity index (χ3v) is 4.85. The van der Waals surface area contributed by atoms with E-state index in [1.807, 2.05) is 0 Å². The Morgan fingerprint density at radius 2 is 1.86 bits per heavy atom. The Bertz CT molecular complexity index is 1230. The third kappa shape index (κ3) is 2.90. The van der Waals surface area contributed by atoms with Gasteiger partial charge in [0, 0.05) is 30.2 Å². The molecule has 2 aromatic heterocycles. The molecule has 3 N–H and O–H groups in total. The van der Waals surface area contributed by atoms with Gasteiger partial charge in [-0.2, -0.15) is 0 Å². The number of aliphatic carboxylic acids is 1. The van der Waals surface area contributed by atoms with Gasteiger partial charge in [0.05, 0.1) is 11.8 Å². The van der Waals surface area contributed by atoms with Gasteiger partial charge in [0.2, 0.25) is 5.88 Å². The molecule has 142 valence electrons. The Labute approximate surface area is 159 Å². The molecule has 2 aromatic carbocycles. The molecule has 0 radical (unpaired) electrons. The molecule has 0 aliphatic rings. The molecule has 0 aliphatic carbocycles. The third-order valence-electron chi connectivity index (χ3n) is 4.85. The van der Waals surface area contributed by atoms with E-state index in [0.717, 1.165) is 11.1 Å². The number of benzene rings is 2. The van der Waals surface area contributed by atoms with Crippen molar-refractivity contribution < 1.29 is 24.5 Å². The summed E-state index contributed by atoms with van der Waals surface area (Å²) < 4.78 is 14.5. The smallest absolute Gasteiger partial charge is 0.307 e. The van der Waals surface area contributed by atoms with Crippen LogP contribution in [0.4, 0.5) is 4.39 Å². The van der Waals surface area contributed by atoms with E-state index in [2.05, 4.69) is 4.98 Å². The molecular weight excluding hydrogens is 363 g/mol. The number of pyridine rings is 1. The maximum Gasteiger partial charge on any atom is 0.307 e. The van der Waals surface area contributed by atoms with Gasteiger partial charge in [0.25, 0.3) is 0 Å². The number of aryl methyl sites for hydroxylation is 1. The van der Waals surface area contributed by atoms with Gasteiger partial charge in [-0.1, -0.05) is 12.1 Å². The van der Waals surface area contributed by atoms with Crippen LogP contribution in [0.2, 0.25) is 0 Å². The molecule has 0 unspecified atom stereocenters. The predicted octanol–water partition coefficient (Wildman–Crippen LogP) is 3.49. The fourth-order valence-corrected chi connectivity index (χ4v) is 3.54. The summed E-state index contributed by atoms with van der Waals surface area (Å²) >= 11 is 0. The molecule has 4 aromatic rings. The van der Waals surface area contributed by atoms with Crippen molar-refractivity contribution in [2.24, 2.45) is 7.05 Å². The first-order valence-corrected chi connectivity index (χ1v) is 8.62. The van der Waals surface area contributed by atoms with E-state index >= 15 is 0 Å². The lowest BCUT2D eigenvalue weighted by molar-refractivity contribution is -0.136. The number of halogens is 1. The number of fused-ring (bicyclic) bond motifs is 2. The second-order valence-corrected chi connectivity index (χ2v) is 6.79. The largest absolute Gasteiger partial charge is 0.505 e. The Morgan fingerprint density at radius 1 is 1.14 bits per heavy atom. The van der Waals surface area contributed by atoms with Crippen LogP contribution in [0.3, 0.4) is 0 Å². The normalized spacial score (nSPS) is 11.4. The highest BCUT2D eigenvalue weighted by Crippen LogP contribution is 2.42. The number of nitrogens with zero attached hydrogens (tertiary/aromatic N) is 2. The van der Waals surface area contributed by atoms with E-state index in [0.29, 0.717) is 22.8 Å². The van der Waals surface area contributed by atoms with Gasteiger partial charge in [-0.05, 0) is 41.3 Å². The van der Waals surface area contributed by atoms with Crippen molar-refractivity contribution in [1.82, 2.24) is 9.55 Å². The molecule has 0 bridgehead atoms. The fourth-order valence-electron chi connectivity index (χ4n) is 3.54. The lowest BCUT2D eigenvalue weighted by atomic mass is 9.96. The average Bonchev–Trinajstić information content (AvgIpc) is 2.95. The maximum absolute atomic E-state index is 13.1. The first-order valence-electron chi connectivity index (χ1n) is 8.62. The highest BCUT2D eigenvalue weighted by molar-refractivity contribution is 6.10. The summed E-state index contributed by atoms with van der Waals surface area (Å²) in [5.74, 6) is -1.69. The van der Waals surface area contributed by atoms with E-state index in [1.54, 1.807) is 37.6 Å². The lowest BCUT2D eigenvalue weighted by Gasteiger charge is -2.11. The number of phenolic OH excluding ortho intramolecular Hbond substituents is 1. The van der Waals surface area contributed by atoms with Crippen molar-refractivity contribution in [3.63, 3.8) is 0 Å². The fraction of sp³-hybridized carbons (Fsp3) is 0.143. The first kappa shape index (κ1) is 17.8. The summed E-state index contributed by atoms with van der Waals surface area (Å²) in [5, 5.41) is 31.5. The Balaban J connectivity index is 1.94. The van der Waals surface area contributed by atoms with Crippen molar-refractivity contribution in [2.75, 3.05) is 0 Å². The number of carboxylic acid groups (broad SMARTS) is 1. The molecule has 0 aliphatic heterocycles. The van der Waals surface area contributed by atoms with Crippen LogP contribution < -0.4 is 0 Å². The minimum atomic E-state index is -1.03. The summed E-state index contributed by atoms with van der Waals surface area (Å²) in [6.45, 7) is 0. The summed E-state index contributed by atoms with van der Waals surface area (Å²) in [4.78, 5) is 15.8. The van der Waals surface area contributed by atoms with Gasteiger partial charge in [0.1, 0.15) is 11.3 Å². The molecule has 0 saturated carbocycles. The topological polar surface area (TPSA) is 95.6 Å². The van der Waals surface area contributed by atoms with E-state index in [1.165, 1.54) is 16.7 Å². The van der Waals surface area contributed by atoms with Gasteiger partial charge in [-0.3, -0.25) is 9.78 Å². The molecule has 0 saturated heterocycles. The van der Waals surface area contributed by atoms with E-state index in [4.69, 9.17) is 0 Å². The van der Waals surface area contributed by atoms with Crippen molar-refractivity contribution in [1.29, 1.82) is 0 Å². The van der Waals surface area contributed by atoms with Gasteiger partial charge >= 0.3 is 5.97 Å². The van der Waals surface area contributed by atoms with Gasteiger partial charge in [-0.15, -0.1) is 0 Å². The van der Waals surface area contributed by atoms with Crippen molar-refractivity contribution in [2.45, 2.75) is 12.8 Å². The monoisotopic (exact) mass is 380 g/mol. The summed E-state index contributed by atoms with van der Waals surface area (Å²) in [6.07, 6.45) is 3.38.